The Kier molecular flexibility index (Phi) is 6.23. The number of nitrogens with one attached hydrogen (secondary N) is 2. The van der Waals surface area contributed by atoms with E-state index in [4.69, 9.17) is 16.3 Å². The molecule has 0 spiro atoms. The molecule has 1 saturated heterocycles. The fraction of sp³-hybridized carbons (Fsp3) is 0.160. The van der Waals surface area contributed by atoms with Gasteiger partial charge in [-0.15, -0.1) is 10.1 Å². The molecule has 7 heteroatoms. The molecule has 0 aromatic heterocycles. The Morgan fingerprint density at radius 2 is 1.75 bits per heavy atom. The second kappa shape index (κ2) is 9.24. The van der Waals surface area contributed by atoms with Crippen molar-refractivity contribution in [3.8, 4) is 5.75 Å². The largest absolute Gasteiger partial charge is 0.496 e. The van der Waals surface area contributed by atoms with Crippen molar-refractivity contribution in [1.29, 1.82) is 0 Å². The van der Waals surface area contributed by atoms with E-state index < -0.39 is 12.1 Å². The number of methoxy groups -OCH3 is 1. The number of hydrogen-bond donors (Lipinski definition) is 2. The maximum atomic E-state index is 13.0. The lowest BCUT2D eigenvalue weighted by atomic mass is 9.99. The van der Waals surface area contributed by atoms with E-state index in [1.807, 2.05) is 55.5 Å². The van der Waals surface area contributed by atoms with Crippen LogP contribution >= 0.6 is 11.6 Å². The predicted octanol–water partition coefficient (Wildman–Crippen LogP) is 3.67. The summed E-state index contributed by atoms with van der Waals surface area (Å²) in [5.74, 6) is 0.0450. The summed E-state index contributed by atoms with van der Waals surface area (Å²) in [6.07, 6.45) is 1.80. The first-order valence-electron chi connectivity index (χ1n) is 10.2. The van der Waals surface area contributed by atoms with Crippen molar-refractivity contribution >= 4 is 29.6 Å². The average molecular weight is 449 g/mol. The van der Waals surface area contributed by atoms with Crippen LogP contribution in [0.15, 0.2) is 72.8 Å². The number of para-hydroxylation sites is 1. The lowest BCUT2D eigenvalue weighted by Crippen LogP contribution is -2.42. The minimum absolute atomic E-state index is 0.309. The molecular formula is C25H23ClN3O3+. The second-order valence-corrected chi connectivity index (χ2v) is 8.00. The summed E-state index contributed by atoms with van der Waals surface area (Å²) >= 11 is 6.08. The van der Waals surface area contributed by atoms with Crippen LogP contribution in [0.3, 0.4) is 0 Å². The number of ether oxygens (including phenoxy) is 1. The summed E-state index contributed by atoms with van der Waals surface area (Å²) in [5.41, 5.74) is 6.03. The van der Waals surface area contributed by atoms with Gasteiger partial charge in [0.25, 0.3) is 5.91 Å². The van der Waals surface area contributed by atoms with E-state index in [9.17, 15) is 9.59 Å². The molecule has 2 N–H and O–H groups in total. The topological polar surface area (TPSA) is 70.4 Å². The summed E-state index contributed by atoms with van der Waals surface area (Å²) in [5, 5.41) is 3.48. The summed E-state index contributed by atoms with van der Waals surface area (Å²) in [6.45, 7) is 1.95. The Morgan fingerprint density at radius 1 is 1.06 bits per heavy atom. The normalized spacial score (nSPS) is 19.0. The molecule has 3 aromatic carbocycles. The van der Waals surface area contributed by atoms with Crippen LogP contribution in [0, 0.1) is 6.92 Å². The summed E-state index contributed by atoms with van der Waals surface area (Å²) in [6, 6.07) is 20.6. The van der Waals surface area contributed by atoms with Crippen molar-refractivity contribution in [1.82, 2.24) is 10.7 Å². The number of hydrazone groups is 1. The van der Waals surface area contributed by atoms with Crippen LogP contribution in [-0.4, -0.2) is 35.9 Å². The van der Waals surface area contributed by atoms with Gasteiger partial charge in [-0.1, -0.05) is 53.6 Å². The van der Waals surface area contributed by atoms with Crippen molar-refractivity contribution in [3.05, 3.63) is 100 Å². The van der Waals surface area contributed by atoms with Gasteiger partial charge in [0, 0.05) is 16.1 Å². The molecule has 2 atom stereocenters. The van der Waals surface area contributed by atoms with Crippen LogP contribution in [-0.2, 0) is 4.79 Å². The molecule has 0 saturated carbocycles. The van der Waals surface area contributed by atoms with Crippen LogP contribution in [0.2, 0.25) is 5.02 Å². The third kappa shape index (κ3) is 4.50. The first-order chi connectivity index (χ1) is 15.5. The lowest BCUT2D eigenvalue weighted by Gasteiger charge is -2.15. The molecule has 0 aliphatic carbocycles. The smallest absolute Gasteiger partial charge is 0.304 e. The van der Waals surface area contributed by atoms with Gasteiger partial charge in [-0.3, -0.25) is 9.59 Å². The van der Waals surface area contributed by atoms with Gasteiger partial charge in [0.2, 0.25) is 12.3 Å². The van der Waals surface area contributed by atoms with Crippen molar-refractivity contribution in [2.24, 2.45) is 0 Å². The molecule has 1 aliphatic rings. The number of rotatable bonds is 5. The van der Waals surface area contributed by atoms with Crippen LogP contribution < -0.4 is 15.5 Å². The summed E-state index contributed by atoms with van der Waals surface area (Å²) < 4.78 is 7.14. The quantitative estimate of drug-likeness (QED) is 0.585. The van der Waals surface area contributed by atoms with Crippen LogP contribution in [0.25, 0.3) is 0 Å². The number of nitrogens with zero attached hydrogens (tertiary/aromatic N) is 1. The van der Waals surface area contributed by atoms with Crippen molar-refractivity contribution in [2.45, 2.75) is 19.0 Å². The van der Waals surface area contributed by atoms with E-state index in [0.29, 0.717) is 16.3 Å². The van der Waals surface area contributed by atoms with E-state index in [1.54, 1.807) is 42.3 Å². The highest BCUT2D eigenvalue weighted by molar-refractivity contribution is 6.30. The van der Waals surface area contributed by atoms with Gasteiger partial charge in [0.05, 0.1) is 12.7 Å². The second-order valence-electron chi connectivity index (χ2n) is 7.57. The fourth-order valence-corrected chi connectivity index (χ4v) is 3.82. The Balaban J connectivity index is 1.72. The highest BCUT2D eigenvalue weighted by atomic mass is 35.5. The van der Waals surface area contributed by atoms with Gasteiger partial charge < -0.3 is 10.1 Å². The highest BCUT2D eigenvalue weighted by Gasteiger charge is 2.47. The molecule has 1 fully saturated rings. The molecule has 6 nitrogen and oxygen atoms in total. The Bertz CT molecular complexity index is 1170. The van der Waals surface area contributed by atoms with Crippen LogP contribution in [0.5, 0.6) is 5.75 Å². The van der Waals surface area contributed by atoms with Gasteiger partial charge in [0.15, 0.2) is 6.04 Å². The Hall–Kier alpha value is -3.64. The number of hydrogen-bond acceptors (Lipinski definition) is 3. The van der Waals surface area contributed by atoms with Gasteiger partial charge in [-0.25, -0.2) is 0 Å². The molecule has 0 bridgehead atoms. The number of amides is 2. The Morgan fingerprint density at radius 3 is 2.44 bits per heavy atom. The highest BCUT2D eigenvalue weighted by Crippen LogP contribution is 2.27. The summed E-state index contributed by atoms with van der Waals surface area (Å²) in [4.78, 5) is 25.8. The number of carbonyl (C=O) groups excluding carboxylic acids is 2. The summed E-state index contributed by atoms with van der Waals surface area (Å²) in [7, 11) is 1.59. The first-order valence-corrected chi connectivity index (χ1v) is 10.5. The maximum absolute atomic E-state index is 13.0. The van der Waals surface area contributed by atoms with Crippen LogP contribution in [0.1, 0.15) is 33.1 Å². The molecule has 32 heavy (non-hydrogen) atoms. The molecule has 162 valence electrons. The minimum Gasteiger partial charge on any atom is -0.496 e. The molecule has 2 amide bonds. The maximum Gasteiger partial charge on any atom is 0.304 e. The van der Waals surface area contributed by atoms with E-state index in [2.05, 4.69) is 10.7 Å². The van der Waals surface area contributed by atoms with Gasteiger partial charge in [-0.2, -0.15) is 0 Å². The fourth-order valence-electron chi connectivity index (χ4n) is 3.69. The third-order valence-electron chi connectivity index (χ3n) is 5.37. The first kappa shape index (κ1) is 21.6. The number of benzene rings is 3. The zero-order valence-corrected chi connectivity index (χ0v) is 18.5. The molecule has 1 aliphatic heterocycles. The standard InChI is InChI=1S/C25H22ClN3O3/c1-16-7-9-18(10-8-16)24(30)27-22-23(17-11-13-20(26)14-12-17)29(28-25(22)31)15-19-5-3-4-6-21(19)32-2/h3-15,22-23H,1-2H3,(H-,27,28,30,31)/p+1/b29-15-/t22-,23+/m1/s1. The van der Waals surface area contributed by atoms with E-state index in [0.717, 1.165) is 16.7 Å². The predicted molar refractivity (Wildman–Crippen MR) is 123 cm³/mol. The third-order valence-corrected chi connectivity index (χ3v) is 5.62. The lowest BCUT2D eigenvalue weighted by molar-refractivity contribution is -0.596. The molecular weight excluding hydrogens is 426 g/mol. The number of halogens is 1. The van der Waals surface area contributed by atoms with Crippen LogP contribution in [0.4, 0.5) is 0 Å². The van der Waals surface area contributed by atoms with E-state index in [1.165, 1.54) is 0 Å². The van der Waals surface area contributed by atoms with E-state index in [-0.39, 0.29) is 11.8 Å². The average Bonchev–Trinajstić information content (AvgIpc) is 3.09. The Labute approximate surface area is 191 Å². The van der Waals surface area contributed by atoms with Crippen molar-refractivity contribution in [2.75, 3.05) is 7.11 Å². The number of aryl methyl sites for hydroxylation is 1. The molecule has 4 rings (SSSR count). The van der Waals surface area contributed by atoms with Crippen molar-refractivity contribution in [3.63, 3.8) is 0 Å². The van der Waals surface area contributed by atoms with Gasteiger partial charge in [0.1, 0.15) is 5.75 Å². The molecule has 0 radical (unpaired) electrons. The number of carbonyl (C=O) groups is 2. The minimum atomic E-state index is -0.809. The SMILES string of the molecule is COc1ccccc1/C=[N+]1\NC(=O)[C@H](NC(=O)c2ccc(C)cc2)[C@@H]1c1ccc(Cl)cc1. The van der Waals surface area contributed by atoms with E-state index >= 15 is 0 Å². The van der Waals surface area contributed by atoms with Gasteiger partial charge >= 0.3 is 5.91 Å². The molecule has 0 unspecified atom stereocenters. The molecule has 3 aromatic rings. The number of hydrazine groups is 1. The zero-order valence-electron chi connectivity index (χ0n) is 17.7. The monoisotopic (exact) mass is 448 g/mol. The van der Waals surface area contributed by atoms with Gasteiger partial charge in [-0.05, 0) is 43.3 Å². The molecule has 1 heterocycles. The van der Waals surface area contributed by atoms with Crippen molar-refractivity contribution < 1.29 is 19.0 Å². The zero-order chi connectivity index (χ0) is 22.7.